The van der Waals surface area contributed by atoms with Crippen molar-refractivity contribution >= 4 is 11.0 Å². The monoisotopic (exact) mass is 245 g/mol. The van der Waals surface area contributed by atoms with Crippen molar-refractivity contribution in [3.05, 3.63) is 18.5 Å². The van der Waals surface area contributed by atoms with Crippen molar-refractivity contribution < 1.29 is 0 Å². The highest BCUT2D eigenvalue weighted by molar-refractivity contribution is 5.72. The Morgan fingerprint density at radius 1 is 1.33 bits per heavy atom. The van der Waals surface area contributed by atoms with Crippen molar-refractivity contribution in [1.82, 2.24) is 24.9 Å². The Bertz CT molecular complexity index is 533. The fourth-order valence-electron chi connectivity index (χ4n) is 2.82. The highest BCUT2D eigenvalue weighted by atomic mass is 15.5. The summed E-state index contributed by atoms with van der Waals surface area (Å²) in [6.07, 6.45) is 7.62. The third-order valence-corrected chi connectivity index (χ3v) is 3.73. The van der Waals surface area contributed by atoms with Crippen LogP contribution in [0.1, 0.15) is 39.3 Å². The maximum atomic E-state index is 4.34. The second-order valence-corrected chi connectivity index (χ2v) is 5.21. The summed E-state index contributed by atoms with van der Waals surface area (Å²) in [7, 11) is 0. The van der Waals surface area contributed by atoms with E-state index in [1.54, 1.807) is 6.20 Å². The van der Waals surface area contributed by atoms with Gasteiger partial charge in [0.1, 0.15) is 11.7 Å². The Kier molecular flexibility index (Phi) is 2.99. The van der Waals surface area contributed by atoms with Gasteiger partial charge in [0.15, 0.2) is 0 Å². The molecule has 5 heteroatoms. The van der Waals surface area contributed by atoms with Gasteiger partial charge in [0.2, 0.25) is 0 Å². The summed E-state index contributed by atoms with van der Waals surface area (Å²) < 4.78 is 2.07. The van der Waals surface area contributed by atoms with E-state index in [0.717, 1.165) is 24.0 Å². The van der Waals surface area contributed by atoms with Gasteiger partial charge in [-0.2, -0.15) is 0 Å². The molecule has 0 N–H and O–H groups in total. The van der Waals surface area contributed by atoms with Gasteiger partial charge in [-0.25, -0.2) is 4.68 Å². The molecule has 1 fully saturated rings. The maximum absolute atomic E-state index is 4.34. The van der Waals surface area contributed by atoms with Gasteiger partial charge in [-0.1, -0.05) is 5.21 Å². The molecule has 1 aliphatic heterocycles. The molecule has 1 unspecified atom stereocenters. The summed E-state index contributed by atoms with van der Waals surface area (Å²) in [5, 5.41) is 8.55. The van der Waals surface area contributed by atoms with Gasteiger partial charge in [-0.3, -0.25) is 9.88 Å². The number of hydrogen-bond acceptors (Lipinski definition) is 4. The van der Waals surface area contributed by atoms with Crippen molar-refractivity contribution in [1.29, 1.82) is 0 Å². The van der Waals surface area contributed by atoms with Gasteiger partial charge in [-0.05, 0) is 39.2 Å². The molecule has 0 aliphatic carbocycles. The molecule has 0 bridgehead atoms. The number of fused-ring (bicyclic) bond motifs is 1. The lowest BCUT2D eigenvalue weighted by molar-refractivity contribution is 0.0573. The van der Waals surface area contributed by atoms with Crippen molar-refractivity contribution in [3.8, 4) is 0 Å². The van der Waals surface area contributed by atoms with E-state index in [-0.39, 0.29) is 0 Å². The molecule has 0 amide bonds. The molecule has 5 nitrogen and oxygen atoms in total. The number of rotatable bonds is 2. The highest BCUT2D eigenvalue weighted by Crippen LogP contribution is 2.29. The molecule has 3 rings (SSSR count). The zero-order valence-electron chi connectivity index (χ0n) is 11.0. The van der Waals surface area contributed by atoms with Crippen LogP contribution in [0.4, 0.5) is 0 Å². The van der Waals surface area contributed by atoms with E-state index in [1.807, 2.05) is 12.3 Å². The topological polar surface area (TPSA) is 46.8 Å². The Morgan fingerprint density at radius 3 is 3.06 bits per heavy atom. The summed E-state index contributed by atoms with van der Waals surface area (Å²) in [5.74, 6) is 0. The quantitative estimate of drug-likeness (QED) is 0.814. The molecule has 18 heavy (non-hydrogen) atoms. The summed E-state index contributed by atoms with van der Waals surface area (Å²) in [6.45, 7) is 5.65. The van der Waals surface area contributed by atoms with E-state index in [4.69, 9.17) is 0 Å². The minimum Gasteiger partial charge on any atom is -0.279 e. The number of piperidine rings is 1. The summed E-state index contributed by atoms with van der Waals surface area (Å²) in [5.41, 5.74) is 1.97. The van der Waals surface area contributed by atoms with E-state index < -0.39 is 0 Å². The van der Waals surface area contributed by atoms with Crippen molar-refractivity contribution in [3.63, 3.8) is 0 Å². The first-order valence-electron chi connectivity index (χ1n) is 6.68. The van der Waals surface area contributed by atoms with Crippen LogP contribution in [0.3, 0.4) is 0 Å². The van der Waals surface area contributed by atoms with Gasteiger partial charge in [0, 0.05) is 18.8 Å². The van der Waals surface area contributed by atoms with Crippen LogP contribution in [-0.4, -0.2) is 37.5 Å². The SMILES string of the molecule is CC(C)N1CCCCC1n1nnc2cnccc21. The van der Waals surface area contributed by atoms with Crippen LogP contribution in [0.15, 0.2) is 18.5 Å². The number of nitrogens with zero attached hydrogens (tertiary/aromatic N) is 5. The number of pyridine rings is 1. The minimum atomic E-state index is 0.339. The van der Waals surface area contributed by atoms with E-state index in [1.165, 1.54) is 12.8 Å². The fraction of sp³-hybridized carbons (Fsp3) is 0.615. The number of likely N-dealkylation sites (tertiary alicyclic amines) is 1. The lowest BCUT2D eigenvalue weighted by Crippen LogP contribution is -2.41. The molecule has 0 aromatic carbocycles. The summed E-state index contributed by atoms with van der Waals surface area (Å²) in [4.78, 5) is 6.61. The molecular weight excluding hydrogens is 226 g/mol. The van der Waals surface area contributed by atoms with E-state index >= 15 is 0 Å². The van der Waals surface area contributed by atoms with Crippen LogP contribution in [0.5, 0.6) is 0 Å². The molecule has 0 spiro atoms. The second-order valence-electron chi connectivity index (χ2n) is 5.21. The third-order valence-electron chi connectivity index (χ3n) is 3.73. The maximum Gasteiger partial charge on any atom is 0.131 e. The van der Waals surface area contributed by atoms with E-state index in [0.29, 0.717) is 12.2 Å². The Balaban J connectivity index is 2.01. The molecular formula is C13H19N5. The van der Waals surface area contributed by atoms with Crippen LogP contribution in [0.2, 0.25) is 0 Å². The normalized spacial score (nSPS) is 21.8. The lowest BCUT2D eigenvalue weighted by Gasteiger charge is -2.38. The molecule has 1 aliphatic rings. The molecule has 1 saturated heterocycles. The summed E-state index contributed by atoms with van der Waals surface area (Å²) >= 11 is 0. The van der Waals surface area contributed by atoms with E-state index in [2.05, 4.69) is 38.7 Å². The Morgan fingerprint density at radius 2 is 2.22 bits per heavy atom. The van der Waals surface area contributed by atoms with Crippen molar-refractivity contribution in [2.75, 3.05) is 6.54 Å². The molecule has 3 heterocycles. The summed E-state index contributed by atoms with van der Waals surface area (Å²) in [6, 6.07) is 2.54. The van der Waals surface area contributed by atoms with Crippen LogP contribution in [0, 0.1) is 0 Å². The zero-order valence-corrected chi connectivity index (χ0v) is 11.0. The van der Waals surface area contributed by atoms with Gasteiger partial charge in [-0.15, -0.1) is 5.10 Å². The Labute approximate surface area is 107 Å². The molecule has 2 aromatic rings. The minimum absolute atomic E-state index is 0.339. The lowest BCUT2D eigenvalue weighted by atomic mass is 10.1. The molecule has 96 valence electrons. The average molecular weight is 245 g/mol. The highest BCUT2D eigenvalue weighted by Gasteiger charge is 2.27. The van der Waals surface area contributed by atoms with Gasteiger partial charge in [0.25, 0.3) is 0 Å². The van der Waals surface area contributed by atoms with E-state index in [9.17, 15) is 0 Å². The van der Waals surface area contributed by atoms with Crippen LogP contribution in [0.25, 0.3) is 11.0 Å². The van der Waals surface area contributed by atoms with Gasteiger partial charge >= 0.3 is 0 Å². The standard InChI is InChI=1S/C13H19N5/c1-10(2)17-8-4-3-5-13(17)18-12-6-7-14-9-11(12)15-16-18/h6-7,9-10,13H,3-5,8H2,1-2H3. The fourth-order valence-corrected chi connectivity index (χ4v) is 2.82. The van der Waals surface area contributed by atoms with Gasteiger partial charge < -0.3 is 0 Å². The number of hydrogen-bond donors (Lipinski definition) is 0. The number of aromatic nitrogens is 4. The molecule has 0 saturated carbocycles. The van der Waals surface area contributed by atoms with Crippen LogP contribution in [-0.2, 0) is 0 Å². The first kappa shape index (κ1) is 11.6. The predicted molar refractivity (Wildman–Crippen MR) is 70.1 cm³/mol. The smallest absolute Gasteiger partial charge is 0.131 e. The average Bonchev–Trinajstić information content (AvgIpc) is 2.82. The zero-order chi connectivity index (χ0) is 12.5. The van der Waals surface area contributed by atoms with Crippen LogP contribution >= 0.6 is 0 Å². The predicted octanol–water partition coefficient (Wildman–Crippen LogP) is 2.22. The molecule has 2 aromatic heterocycles. The first-order valence-corrected chi connectivity index (χ1v) is 6.68. The largest absolute Gasteiger partial charge is 0.279 e. The van der Waals surface area contributed by atoms with Gasteiger partial charge in [0.05, 0.1) is 11.7 Å². The first-order chi connectivity index (χ1) is 8.77. The Hall–Kier alpha value is -1.49. The van der Waals surface area contributed by atoms with Crippen molar-refractivity contribution in [2.45, 2.75) is 45.3 Å². The molecule has 1 atom stereocenters. The second kappa shape index (κ2) is 4.65. The molecule has 0 radical (unpaired) electrons. The van der Waals surface area contributed by atoms with Crippen LogP contribution < -0.4 is 0 Å². The third kappa shape index (κ3) is 1.88. The van der Waals surface area contributed by atoms with Crippen molar-refractivity contribution in [2.24, 2.45) is 0 Å².